The fourth-order valence-electron chi connectivity index (χ4n) is 4.09. The van der Waals surface area contributed by atoms with Crippen LogP contribution < -0.4 is 4.74 Å². The molecule has 5 nitrogen and oxygen atoms in total. The number of ether oxygens (including phenoxy) is 1. The highest BCUT2D eigenvalue weighted by Crippen LogP contribution is 2.34. The van der Waals surface area contributed by atoms with Crippen LogP contribution in [0.2, 0.25) is 0 Å². The molecule has 0 saturated heterocycles. The van der Waals surface area contributed by atoms with Crippen molar-refractivity contribution in [3.8, 4) is 11.4 Å². The van der Waals surface area contributed by atoms with Crippen LogP contribution in [0.15, 0.2) is 66.2 Å². The standard InChI is InChI=1S/C26H28N2O3/c1-19(26(29)30)16-22-17-25(21-10-6-3-7-11-21)28(27-22)23-12-14-24(15-13-23)31-18-20-8-4-2-5-9-20/h2,4-5,8-9,12-17,21H,3,6-7,10-11,18H2,1H3,(H,29,30)/b19-16+. The molecular weight excluding hydrogens is 388 g/mol. The Labute approximate surface area is 183 Å². The van der Waals surface area contributed by atoms with E-state index in [2.05, 4.69) is 0 Å². The van der Waals surface area contributed by atoms with Crippen LogP contribution in [-0.4, -0.2) is 20.9 Å². The number of aromatic nitrogens is 2. The first-order chi connectivity index (χ1) is 15.1. The maximum Gasteiger partial charge on any atom is 0.331 e. The maximum absolute atomic E-state index is 11.3. The summed E-state index contributed by atoms with van der Waals surface area (Å²) in [5.74, 6) is 0.331. The second kappa shape index (κ2) is 9.65. The number of benzene rings is 2. The third kappa shape index (κ3) is 5.23. The molecule has 31 heavy (non-hydrogen) atoms. The maximum atomic E-state index is 11.3. The largest absolute Gasteiger partial charge is 0.489 e. The summed E-state index contributed by atoms with van der Waals surface area (Å²) in [6, 6.07) is 20.1. The molecule has 1 N–H and O–H groups in total. The molecule has 5 heteroatoms. The van der Waals surface area contributed by atoms with Gasteiger partial charge >= 0.3 is 5.97 Å². The summed E-state index contributed by atoms with van der Waals surface area (Å²) in [5.41, 5.74) is 4.21. The summed E-state index contributed by atoms with van der Waals surface area (Å²) < 4.78 is 7.88. The third-order valence-electron chi connectivity index (χ3n) is 5.81. The molecule has 1 saturated carbocycles. The Bertz CT molecular complexity index is 1050. The Morgan fingerprint density at radius 1 is 1.10 bits per heavy atom. The van der Waals surface area contributed by atoms with E-state index in [1.165, 1.54) is 19.3 Å². The summed E-state index contributed by atoms with van der Waals surface area (Å²) >= 11 is 0. The molecule has 1 heterocycles. The van der Waals surface area contributed by atoms with Gasteiger partial charge in [0.2, 0.25) is 0 Å². The molecule has 1 aliphatic carbocycles. The van der Waals surface area contributed by atoms with Crippen LogP contribution in [0.5, 0.6) is 5.75 Å². The average molecular weight is 417 g/mol. The van der Waals surface area contributed by atoms with Gasteiger partial charge in [0.05, 0.1) is 11.4 Å². The van der Waals surface area contributed by atoms with Gasteiger partial charge in [-0.05, 0) is 61.7 Å². The lowest BCUT2D eigenvalue weighted by Gasteiger charge is -2.22. The number of nitrogens with zero attached hydrogens (tertiary/aromatic N) is 2. The number of carboxylic acids is 1. The molecule has 1 fully saturated rings. The predicted octanol–water partition coefficient (Wildman–Crippen LogP) is 5.99. The zero-order valence-electron chi connectivity index (χ0n) is 17.8. The fraction of sp³-hybridized carbons (Fsp3) is 0.308. The first kappa shape index (κ1) is 20.9. The summed E-state index contributed by atoms with van der Waals surface area (Å²) in [5, 5.41) is 14.0. The van der Waals surface area contributed by atoms with Crippen molar-refractivity contribution >= 4 is 12.0 Å². The highest BCUT2D eigenvalue weighted by molar-refractivity contribution is 5.91. The molecule has 0 amide bonds. The van der Waals surface area contributed by atoms with Crippen molar-refractivity contribution in [2.75, 3.05) is 0 Å². The Balaban J connectivity index is 1.58. The van der Waals surface area contributed by atoms with Crippen LogP contribution in [0.1, 0.15) is 61.9 Å². The molecule has 1 aromatic heterocycles. The van der Waals surface area contributed by atoms with Gasteiger partial charge in [-0.1, -0.05) is 49.6 Å². The van der Waals surface area contributed by atoms with Crippen LogP contribution in [0, 0.1) is 0 Å². The Morgan fingerprint density at radius 3 is 2.48 bits per heavy atom. The summed E-state index contributed by atoms with van der Waals surface area (Å²) in [6.45, 7) is 2.12. The van der Waals surface area contributed by atoms with Crippen molar-refractivity contribution in [1.82, 2.24) is 9.78 Å². The molecule has 0 atom stereocenters. The molecule has 4 rings (SSSR count). The number of hydrogen-bond acceptors (Lipinski definition) is 3. The van der Waals surface area contributed by atoms with Crippen LogP contribution in [-0.2, 0) is 11.4 Å². The average Bonchev–Trinajstić information content (AvgIpc) is 3.23. The highest BCUT2D eigenvalue weighted by Gasteiger charge is 2.21. The molecule has 0 bridgehead atoms. The van der Waals surface area contributed by atoms with Crippen molar-refractivity contribution in [3.05, 3.63) is 83.2 Å². The molecule has 0 unspecified atom stereocenters. The molecule has 0 aliphatic heterocycles. The first-order valence-electron chi connectivity index (χ1n) is 10.9. The molecule has 3 aromatic rings. The minimum absolute atomic E-state index is 0.282. The van der Waals surface area contributed by atoms with E-state index < -0.39 is 5.97 Å². The predicted molar refractivity (Wildman–Crippen MR) is 121 cm³/mol. The van der Waals surface area contributed by atoms with Crippen molar-refractivity contribution in [2.45, 2.75) is 51.6 Å². The van der Waals surface area contributed by atoms with Crippen molar-refractivity contribution < 1.29 is 14.6 Å². The van der Waals surface area contributed by atoms with Gasteiger partial charge in [0.25, 0.3) is 0 Å². The normalized spacial score (nSPS) is 15.1. The Kier molecular flexibility index (Phi) is 6.51. The zero-order chi connectivity index (χ0) is 21.6. The van der Waals surface area contributed by atoms with Gasteiger partial charge in [-0.25, -0.2) is 9.48 Å². The Morgan fingerprint density at radius 2 is 1.81 bits per heavy atom. The van der Waals surface area contributed by atoms with Crippen LogP contribution in [0.25, 0.3) is 11.8 Å². The Hall–Kier alpha value is -3.34. The molecule has 2 aromatic carbocycles. The van der Waals surface area contributed by atoms with Gasteiger partial charge in [0.15, 0.2) is 0 Å². The van der Waals surface area contributed by atoms with Gasteiger partial charge in [0.1, 0.15) is 12.4 Å². The minimum Gasteiger partial charge on any atom is -0.489 e. The fourth-order valence-corrected chi connectivity index (χ4v) is 4.09. The topological polar surface area (TPSA) is 64.4 Å². The van der Waals surface area contributed by atoms with Gasteiger partial charge < -0.3 is 9.84 Å². The lowest BCUT2D eigenvalue weighted by atomic mass is 9.86. The van der Waals surface area contributed by atoms with E-state index in [1.807, 2.05) is 65.3 Å². The number of hydrogen-bond donors (Lipinski definition) is 1. The summed E-state index contributed by atoms with van der Waals surface area (Å²) in [7, 11) is 0. The number of rotatable bonds is 7. The molecular formula is C26H28N2O3. The smallest absolute Gasteiger partial charge is 0.331 e. The minimum atomic E-state index is -0.923. The van der Waals surface area contributed by atoms with Gasteiger partial charge in [-0.2, -0.15) is 5.10 Å². The van der Waals surface area contributed by atoms with E-state index in [-0.39, 0.29) is 5.57 Å². The second-order valence-electron chi connectivity index (χ2n) is 8.14. The third-order valence-corrected chi connectivity index (χ3v) is 5.81. The van der Waals surface area contributed by atoms with E-state index >= 15 is 0 Å². The first-order valence-corrected chi connectivity index (χ1v) is 10.9. The monoisotopic (exact) mass is 416 g/mol. The second-order valence-corrected chi connectivity index (χ2v) is 8.14. The van der Waals surface area contributed by atoms with Crippen LogP contribution >= 0.6 is 0 Å². The molecule has 1 aliphatic rings. The molecule has 0 spiro atoms. The van der Waals surface area contributed by atoms with E-state index in [0.29, 0.717) is 18.2 Å². The van der Waals surface area contributed by atoms with E-state index in [9.17, 15) is 9.90 Å². The zero-order valence-corrected chi connectivity index (χ0v) is 17.8. The lowest BCUT2D eigenvalue weighted by molar-refractivity contribution is -0.132. The number of carboxylic acid groups (broad SMARTS) is 1. The molecule has 160 valence electrons. The SMILES string of the molecule is C/C(=C\c1cc(C2CCCCC2)n(-c2ccc(OCc3ccccc3)cc2)n1)C(=O)O. The van der Waals surface area contributed by atoms with Crippen molar-refractivity contribution in [3.63, 3.8) is 0 Å². The quantitative estimate of drug-likeness (QED) is 0.481. The van der Waals surface area contributed by atoms with E-state index in [0.717, 1.165) is 35.5 Å². The summed E-state index contributed by atoms with van der Waals surface area (Å²) in [4.78, 5) is 11.3. The van der Waals surface area contributed by atoms with Crippen LogP contribution in [0.3, 0.4) is 0 Å². The van der Waals surface area contributed by atoms with Gasteiger partial charge in [0, 0.05) is 17.2 Å². The van der Waals surface area contributed by atoms with E-state index in [1.54, 1.807) is 13.0 Å². The number of carbonyl (C=O) groups is 1. The van der Waals surface area contributed by atoms with Crippen molar-refractivity contribution in [1.29, 1.82) is 0 Å². The highest BCUT2D eigenvalue weighted by atomic mass is 16.5. The summed E-state index contributed by atoms with van der Waals surface area (Å²) in [6.07, 6.45) is 7.66. The van der Waals surface area contributed by atoms with E-state index in [4.69, 9.17) is 9.84 Å². The lowest BCUT2D eigenvalue weighted by Crippen LogP contribution is -2.11. The number of aliphatic carboxylic acids is 1. The van der Waals surface area contributed by atoms with Gasteiger partial charge in [-0.15, -0.1) is 0 Å². The van der Waals surface area contributed by atoms with Crippen molar-refractivity contribution in [2.24, 2.45) is 0 Å². The van der Waals surface area contributed by atoms with Gasteiger partial charge in [-0.3, -0.25) is 0 Å². The molecule has 0 radical (unpaired) electrons. The van der Waals surface area contributed by atoms with Crippen LogP contribution in [0.4, 0.5) is 0 Å².